The van der Waals surface area contributed by atoms with Crippen molar-refractivity contribution in [3.63, 3.8) is 0 Å². The highest BCUT2D eigenvalue weighted by Gasteiger charge is 2.29. The number of nitrogens with zero attached hydrogens (tertiary/aromatic N) is 2. The van der Waals surface area contributed by atoms with Crippen LogP contribution in [0.3, 0.4) is 0 Å². The lowest BCUT2D eigenvalue weighted by Crippen LogP contribution is -2.46. The molecule has 1 aliphatic heterocycles. The van der Waals surface area contributed by atoms with Crippen LogP contribution in [0, 0.1) is 5.92 Å². The van der Waals surface area contributed by atoms with Gasteiger partial charge in [0.15, 0.2) is 0 Å². The third-order valence-electron chi connectivity index (χ3n) is 2.61. The first-order valence-electron chi connectivity index (χ1n) is 5.79. The lowest BCUT2D eigenvalue weighted by molar-refractivity contribution is 0.0192. The molecular weight excluding hydrogens is 222 g/mol. The van der Waals surface area contributed by atoms with Crippen LogP contribution < -0.4 is 5.73 Å². The van der Waals surface area contributed by atoms with Crippen LogP contribution in [-0.2, 0) is 4.74 Å². The summed E-state index contributed by atoms with van der Waals surface area (Å²) < 4.78 is 5.28. The van der Waals surface area contributed by atoms with Gasteiger partial charge in [-0.2, -0.15) is 0 Å². The van der Waals surface area contributed by atoms with E-state index in [1.807, 2.05) is 20.8 Å². The van der Waals surface area contributed by atoms with Gasteiger partial charge in [0.05, 0.1) is 0 Å². The van der Waals surface area contributed by atoms with Gasteiger partial charge in [-0.05, 0) is 33.6 Å². The van der Waals surface area contributed by atoms with Crippen molar-refractivity contribution in [2.45, 2.75) is 39.2 Å². The fourth-order valence-corrected chi connectivity index (χ4v) is 1.79. The van der Waals surface area contributed by atoms with Crippen molar-refractivity contribution in [1.82, 2.24) is 4.90 Å². The molecule has 1 heterocycles. The van der Waals surface area contributed by atoms with Gasteiger partial charge >= 0.3 is 6.09 Å². The van der Waals surface area contributed by atoms with Crippen LogP contribution in [0.2, 0.25) is 0 Å². The normalized spacial score (nSPS) is 22.4. The first kappa shape index (κ1) is 13.6. The highest BCUT2D eigenvalue weighted by Crippen LogP contribution is 2.19. The first-order chi connectivity index (χ1) is 7.83. The van der Waals surface area contributed by atoms with Crippen LogP contribution in [0.4, 0.5) is 4.79 Å². The molecule has 0 aliphatic carbocycles. The molecule has 0 aromatic heterocycles. The Morgan fingerprint density at radius 1 is 1.53 bits per heavy atom. The summed E-state index contributed by atoms with van der Waals surface area (Å²) in [4.78, 5) is 13.4. The highest BCUT2D eigenvalue weighted by molar-refractivity contribution is 5.83. The van der Waals surface area contributed by atoms with E-state index in [1.54, 1.807) is 4.90 Å². The Hall–Kier alpha value is -1.46. The Morgan fingerprint density at radius 3 is 2.71 bits per heavy atom. The maximum absolute atomic E-state index is 11.8. The zero-order valence-corrected chi connectivity index (χ0v) is 10.6. The van der Waals surface area contributed by atoms with E-state index in [1.165, 1.54) is 0 Å². The molecule has 0 saturated carbocycles. The molecule has 1 rings (SSSR count). The average molecular weight is 243 g/mol. The second-order valence-electron chi connectivity index (χ2n) is 5.29. The number of carbonyl (C=O) groups is 1. The predicted octanol–water partition coefficient (Wildman–Crippen LogP) is 1.38. The lowest BCUT2D eigenvalue weighted by atomic mass is 9.97. The van der Waals surface area contributed by atoms with Gasteiger partial charge in [0.25, 0.3) is 0 Å². The molecule has 0 bridgehead atoms. The number of likely N-dealkylation sites (tertiary alicyclic amines) is 1. The van der Waals surface area contributed by atoms with Crippen LogP contribution in [0.5, 0.6) is 0 Å². The summed E-state index contributed by atoms with van der Waals surface area (Å²) in [5.74, 6) is 0.0968. The first-order valence-corrected chi connectivity index (χ1v) is 5.79. The Kier molecular flexibility index (Phi) is 4.20. The molecule has 17 heavy (non-hydrogen) atoms. The van der Waals surface area contributed by atoms with Crippen LogP contribution in [0.1, 0.15) is 33.6 Å². The van der Waals surface area contributed by atoms with Gasteiger partial charge in [0.1, 0.15) is 11.4 Å². The van der Waals surface area contributed by atoms with Gasteiger partial charge in [0, 0.05) is 19.0 Å². The summed E-state index contributed by atoms with van der Waals surface area (Å²) in [5, 5.41) is 11.6. The molecule has 98 valence electrons. The molecule has 6 heteroatoms. The summed E-state index contributed by atoms with van der Waals surface area (Å²) in [7, 11) is 0. The number of rotatable bonds is 1. The van der Waals surface area contributed by atoms with Gasteiger partial charge in [-0.1, -0.05) is 5.16 Å². The zero-order valence-electron chi connectivity index (χ0n) is 10.6. The van der Waals surface area contributed by atoms with Gasteiger partial charge in [-0.15, -0.1) is 0 Å². The highest BCUT2D eigenvalue weighted by atomic mass is 16.6. The van der Waals surface area contributed by atoms with E-state index in [0.717, 1.165) is 12.8 Å². The van der Waals surface area contributed by atoms with Crippen molar-refractivity contribution in [2.24, 2.45) is 16.8 Å². The smallest absolute Gasteiger partial charge is 0.410 e. The van der Waals surface area contributed by atoms with Gasteiger partial charge in [-0.25, -0.2) is 4.79 Å². The molecule has 1 fully saturated rings. The number of amides is 1. The fraction of sp³-hybridized carbons (Fsp3) is 0.818. The molecule has 0 spiro atoms. The van der Waals surface area contributed by atoms with Crippen molar-refractivity contribution in [2.75, 3.05) is 13.1 Å². The summed E-state index contributed by atoms with van der Waals surface area (Å²) >= 11 is 0. The second-order valence-corrected chi connectivity index (χ2v) is 5.29. The molecule has 1 unspecified atom stereocenters. The molecule has 0 aromatic carbocycles. The molecule has 0 aromatic rings. The molecule has 6 nitrogen and oxygen atoms in total. The topological polar surface area (TPSA) is 88.2 Å². The number of carbonyl (C=O) groups excluding carboxylic acids is 1. The average Bonchev–Trinajstić information content (AvgIpc) is 2.26. The Bertz CT molecular complexity index is 310. The van der Waals surface area contributed by atoms with Crippen molar-refractivity contribution in [3.05, 3.63) is 0 Å². The monoisotopic (exact) mass is 243 g/mol. The second kappa shape index (κ2) is 5.25. The maximum atomic E-state index is 11.8. The van der Waals surface area contributed by atoms with Crippen LogP contribution >= 0.6 is 0 Å². The molecule has 1 saturated heterocycles. The molecular formula is C11H21N3O3. The van der Waals surface area contributed by atoms with E-state index in [0.29, 0.717) is 13.1 Å². The number of hydrogen-bond acceptors (Lipinski definition) is 4. The summed E-state index contributed by atoms with van der Waals surface area (Å²) in [6, 6.07) is 0. The quantitative estimate of drug-likeness (QED) is 0.315. The Labute approximate surface area is 101 Å². The molecule has 1 amide bonds. The number of nitrogens with two attached hydrogens (primary N) is 1. The van der Waals surface area contributed by atoms with Gasteiger partial charge < -0.3 is 20.6 Å². The fourth-order valence-electron chi connectivity index (χ4n) is 1.79. The van der Waals surface area contributed by atoms with Crippen LogP contribution in [0.15, 0.2) is 5.16 Å². The Morgan fingerprint density at radius 2 is 2.18 bits per heavy atom. The van der Waals surface area contributed by atoms with Gasteiger partial charge in [-0.3, -0.25) is 0 Å². The molecule has 1 aliphatic rings. The van der Waals surface area contributed by atoms with Gasteiger partial charge in [0.2, 0.25) is 0 Å². The van der Waals surface area contributed by atoms with Crippen molar-refractivity contribution in [3.8, 4) is 0 Å². The number of ether oxygens (including phenoxy) is 1. The summed E-state index contributed by atoms with van der Waals surface area (Å²) in [6.45, 7) is 6.59. The summed E-state index contributed by atoms with van der Waals surface area (Å²) in [5.41, 5.74) is 5.06. The van der Waals surface area contributed by atoms with Crippen molar-refractivity contribution < 1.29 is 14.7 Å². The maximum Gasteiger partial charge on any atom is 0.410 e. The predicted molar refractivity (Wildman–Crippen MR) is 63.9 cm³/mol. The van der Waals surface area contributed by atoms with Crippen LogP contribution in [-0.4, -0.2) is 40.7 Å². The largest absolute Gasteiger partial charge is 0.444 e. The minimum Gasteiger partial charge on any atom is -0.444 e. The number of piperidine rings is 1. The Balaban J connectivity index is 2.58. The minimum absolute atomic E-state index is 0.0822. The summed E-state index contributed by atoms with van der Waals surface area (Å²) in [6.07, 6.45) is 1.32. The third kappa shape index (κ3) is 4.13. The molecule has 1 atom stereocenters. The number of hydrogen-bond donors (Lipinski definition) is 2. The van der Waals surface area contributed by atoms with Crippen molar-refractivity contribution in [1.29, 1.82) is 0 Å². The third-order valence-corrected chi connectivity index (χ3v) is 2.61. The zero-order chi connectivity index (χ0) is 13.1. The molecule has 3 N–H and O–H groups in total. The van der Waals surface area contributed by atoms with Crippen molar-refractivity contribution >= 4 is 11.9 Å². The SMILES string of the molecule is CC(C)(C)OC(=O)N1CCCC(/C(N)=N/O)C1. The van der Waals surface area contributed by atoms with Crippen LogP contribution in [0.25, 0.3) is 0 Å². The lowest BCUT2D eigenvalue weighted by Gasteiger charge is -2.33. The van der Waals surface area contributed by atoms with E-state index in [-0.39, 0.29) is 17.8 Å². The van der Waals surface area contributed by atoms with E-state index < -0.39 is 5.60 Å². The van der Waals surface area contributed by atoms with E-state index in [9.17, 15) is 4.79 Å². The van der Waals surface area contributed by atoms with E-state index in [2.05, 4.69) is 5.16 Å². The van der Waals surface area contributed by atoms with E-state index in [4.69, 9.17) is 15.7 Å². The number of amidine groups is 1. The molecule has 0 radical (unpaired) electrons. The minimum atomic E-state index is -0.499. The number of oxime groups is 1. The standard InChI is InChI=1S/C11H21N3O3/c1-11(2,3)17-10(15)14-6-4-5-8(7-14)9(12)13-16/h8,16H,4-7H2,1-3H3,(H2,12,13). The van der Waals surface area contributed by atoms with E-state index >= 15 is 0 Å².